The first-order valence-corrected chi connectivity index (χ1v) is 7.59. The zero-order valence-corrected chi connectivity index (χ0v) is 13.5. The van der Waals surface area contributed by atoms with E-state index in [1.165, 1.54) is 0 Å². The maximum atomic E-state index is 12.6. The van der Waals surface area contributed by atoms with Crippen LogP contribution in [-0.4, -0.2) is 30.9 Å². The summed E-state index contributed by atoms with van der Waals surface area (Å²) in [6.07, 6.45) is 2.14. The lowest BCUT2D eigenvalue weighted by molar-refractivity contribution is 0.0776. The van der Waals surface area contributed by atoms with E-state index in [0.29, 0.717) is 5.92 Å². The van der Waals surface area contributed by atoms with E-state index < -0.39 is 0 Å². The van der Waals surface area contributed by atoms with Crippen LogP contribution in [0, 0.1) is 12.8 Å². The van der Waals surface area contributed by atoms with Crippen LogP contribution in [0.15, 0.2) is 18.2 Å². The second-order valence-corrected chi connectivity index (χ2v) is 5.67. The average Bonchev–Trinajstić information content (AvgIpc) is 2.44. The molecule has 0 spiro atoms. The summed E-state index contributed by atoms with van der Waals surface area (Å²) in [6.45, 7) is 10.2. The molecular weight excluding hydrogens is 248 g/mol. The van der Waals surface area contributed by atoms with Crippen molar-refractivity contribution in [3.05, 3.63) is 29.3 Å². The summed E-state index contributed by atoms with van der Waals surface area (Å²) in [5.41, 5.74) is 2.84. The van der Waals surface area contributed by atoms with E-state index in [1.54, 1.807) is 0 Å². The van der Waals surface area contributed by atoms with Gasteiger partial charge in [0.2, 0.25) is 0 Å². The van der Waals surface area contributed by atoms with E-state index in [9.17, 15) is 4.79 Å². The molecule has 1 rings (SSSR count). The fourth-order valence-electron chi connectivity index (χ4n) is 2.13. The predicted molar refractivity (Wildman–Crippen MR) is 86.4 cm³/mol. The van der Waals surface area contributed by atoms with Gasteiger partial charge in [0, 0.05) is 25.8 Å². The zero-order valence-electron chi connectivity index (χ0n) is 13.5. The van der Waals surface area contributed by atoms with Gasteiger partial charge < -0.3 is 10.2 Å². The minimum absolute atomic E-state index is 0.104. The van der Waals surface area contributed by atoms with Gasteiger partial charge in [-0.15, -0.1) is 0 Å². The summed E-state index contributed by atoms with van der Waals surface area (Å²) in [5, 5.41) is 3.35. The lowest BCUT2D eigenvalue weighted by Crippen LogP contribution is -2.31. The summed E-state index contributed by atoms with van der Waals surface area (Å²) < 4.78 is 0. The molecule has 1 amide bonds. The lowest BCUT2D eigenvalue weighted by Gasteiger charge is -2.22. The van der Waals surface area contributed by atoms with E-state index >= 15 is 0 Å². The molecule has 0 aromatic heterocycles. The fourth-order valence-corrected chi connectivity index (χ4v) is 2.13. The van der Waals surface area contributed by atoms with Gasteiger partial charge >= 0.3 is 0 Å². The largest absolute Gasteiger partial charge is 0.384 e. The predicted octanol–water partition coefficient (Wildman–Crippen LogP) is 3.94. The van der Waals surface area contributed by atoms with Gasteiger partial charge in [0.05, 0.1) is 5.56 Å². The molecule has 1 aromatic rings. The number of nitrogens with zero attached hydrogens (tertiary/aromatic N) is 1. The quantitative estimate of drug-likeness (QED) is 0.818. The standard InChI is InChI=1S/C17H28N2O/c1-6-10-18-16-9-8-14(4)11-15(16)17(20)19(5)12-13(3)7-2/h8-9,11,13,18H,6-7,10,12H2,1-5H3. The second kappa shape index (κ2) is 7.93. The van der Waals surface area contributed by atoms with Crippen molar-refractivity contribution in [3.8, 4) is 0 Å². The Morgan fingerprint density at radius 1 is 1.35 bits per heavy atom. The highest BCUT2D eigenvalue weighted by Crippen LogP contribution is 2.20. The molecule has 1 N–H and O–H groups in total. The van der Waals surface area contributed by atoms with Crippen molar-refractivity contribution in [2.75, 3.05) is 25.5 Å². The molecule has 0 fully saturated rings. The summed E-state index contributed by atoms with van der Waals surface area (Å²) in [7, 11) is 1.89. The highest BCUT2D eigenvalue weighted by molar-refractivity contribution is 5.99. The number of nitrogens with one attached hydrogen (secondary N) is 1. The van der Waals surface area contributed by atoms with Crippen LogP contribution in [0.25, 0.3) is 0 Å². The highest BCUT2D eigenvalue weighted by Gasteiger charge is 2.17. The van der Waals surface area contributed by atoms with Crippen LogP contribution in [0.5, 0.6) is 0 Å². The number of benzene rings is 1. The Kier molecular flexibility index (Phi) is 6.56. The Morgan fingerprint density at radius 2 is 2.05 bits per heavy atom. The van der Waals surface area contributed by atoms with E-state index in [2.05, 4.69) is 26.1 Å². The number of carbonyl (C=O) groups excluding carboxylic acids is 1. The van der Waals surface area contributed by atoms with Crippen LogP contribution < -0.4 is 5.32 Å². The Balaban J connectivity index is 2.92. The smallest absolute Gasteiger partial charge is 0.255 e. The molecule has 1 aromatic carbocycles. The first-order chi connectivity index (χ1) is 9.49. The van der Waals surface area contributed by atoms with Crippen molar-refractivity contribution >= 4 is 11.6 Å². The van der Waals surface area contributed by atoms with Crippen LogP contribution >= 0.6 is 0 Å². The van der Waals surface area contributed by atoms with Gasteiger partial charge in [-0.1, -0.05) is 38.8 Å². The summed E-state index contributed by atoms with van der Waals surface area (Å²) in [5.74, 6) is 0.633. The molecule has 0 saturated carbocycles. The number of rotatable bonds is 7. The molecule has 3 heteroatoms. The van der Waals surface area contributed by atoms with Crippen molar-refractivity contribution in [2.45, 2.75) is 40.5 Å². The molecule has 0 aliphatic carbocycles. The Labute approximate surface area is 123 Å². The fraction of sp³-hybridized carbons (Fsp3) is 0.588. The number of hydrogen-bond acceptors (Lipinski definition) is 2. The third-order valence-corrected chi connectivity index (χ3v) is 3.60. The van der Waals surface area contributed by atoms with Crippen LogP contribution in [0.4, 0.5) is 5.69 Å². The van der Waals surface area contributed by atoms with Crippen LogP contribution in [0.1, 0.15) is 49.5 Å². The number of hydrogen-bond donors (Lipinski definition) is 1. The molecule has 0 radical (unpaired) electrons. The number of aryl methyl sites for hydroxylation is 1. The monoisotopic (exact) mass is 276 g/mol. The minimum atomic E-state index is 0.104. The maximum Gasteiger partial charge on any atom is 0.255 e. The highest BCUT2D eigenvalue weighted by atomic mass is 16.2. The molecule has 20 heavy (non-hydrogen) atoms. The van der Waals surface area contributed by atoms with E-state index in [4.69, 9.17) is 0 Å². The van der Waals surface area contributed by atoms with Gasteiger partial charge in [0.15, 0.2) is 0 Å². The Morgan fingerprint density at radius 3 is 2.65 bits per heavy atom. The average molecular weight is 276 g/mol. The molecule has 3 nitrogen and oxygen atoms in total. The number of anilines is 1. The van der Waals surface area contributed by atoms with Crippen LogP contribution in [0.3, 0.4) is 0 Å². The molecular formula is C17H28N2O. The molecule has 0 heterocycles. The molecule has 0 saturated heterocycles. The third-order valence-electron chi connectivity index (χ3n) is 3.60. The van der Waals surface area contributed by atoms with E-state index in [-0.39, 0.29) is 5.91 Å². The molecule has 0 aliphatic rings. The summed E-state index contributed by atoms with van der Waals surface area (Å²) in [4.78, 5) is 14.5. The summed E-state index contributed by atoms with van der Waals surface area (Å²) >= 11 is 0. The minimum Gasteiger partial charge on any atom is -0.384 e. The van der Waals surface area contributed by atoms with Crippen molar-refractivity contribution in [2.24, 2.45) is 5.92 Å². The lowest BCUT2D eigenvalue weighted by atomic mass is 10.1. The van der Waals surface area contributed by atoms with Gasteiger partial charge in [-0.2, -0.15) is 0 Å². The van der Waals surface area contributed by atoms with Crippen molar-refractivity contribution < 1.29 is 4.79 Å². The van der Waals surface area contributed by atoms with Crippen molar-refractivity contribution in [1.29, 1.82) is 0 Å². The summed E-state index contributed by atoms with van der Waals surface area (Å²) in [6, 6.07) is 6.03. The van der Waals surface area contributed by atoms with Gasteiger partial charge in [-0.25, -0.2) is 0 Å². The first-order valence-electron chi connectivity index (χ1n) is 7.59. The zero-order chi connectivity index (χ0) is 15.1. The number of amides is 1. The molecule has 1 atom stereocenters. The van der Waals surface area contributed by atoms with Gasteiger partial charge in [0.25, 0.3) is 5.91 Å². The molecule has 0 aliphatic heterocycles. The van der Waals surface area contributed by atoms with Gasteiger partial charge in [-0.05, 0) is 31.4 Å². The van der Waals surface area contributed by atoms with Crippen molar-refractivity contribution in [3.63, 3.8) is 0 Å². The Bertz CT molecular complexity index is 443. The van der Waals surface area contributed by atoms with Gasteiger partial charge in [-0.3, -0.25) is 4.79 Å². The molecule has 1 unspecified atom stereocenters. The van der Waals surface area contributed by atoms with Gasteiger partial charge in [0.1, 0.15) is 0 Å². The van der Waals surface area contributed by atoms with E-state index in [1.807, 2.05) is 37.1 Å². The molecule has 0 bridgehead atoms. The Hall–Kier alpha value is -1.51. The molecule has 112 valence electrons. The second-order valence-electron chi connectivity index (χ2n) is 5.67. The SMILES string of the molecule is CCCNc1ccc(C)cc1C(=O)N(C)CC(C)CC. The van der Waals surface area contributed by atoms with E-state index in [0.717, 1.165) is 42.7 Å². The third kappa shape index (κ3) is 4.55. The van der Waals surface area contributed by atoms with Crippen LogP contribution in [0.2, 0.25) is 0 Å². The first kappa shape index (κ1) is 16.5. The van der Waals surface area contributed by atoms with Crippen LogP contribution in [-0.2, 0) is 0 Å². The van der Waals surface area contributed by atoms with Crippen molar-refractivity contribution in [1.82, 2.24) is 4.90 Å². The normalized spacial score (nSPS) is 12.1. The maximum absolute atomic E-state index is 12.6. The number of carbonyl (C=O) groups is 1. The topological polar surface area (TPSA) is 32.3 Å².